The second-order valence-electron chi connectivity index (χ2n) is 7.68. The molecule has 6 heteroatoms. The van der Waals surface area contributed by atoms with Crippen LogP contribution in [0.15, 0.2) is 42.7 Å². The number of nitrogens with zero attached hydrogens (tertiary/aromatic N) is 4. The molecule has 0 N–H and O–H groups in total. The topological polar surface area (TPSA) is 50.6 Å². The normalized spacial score (nSPS) is 14.4. The molecule has 0 atom stereocenters. The van der Waals surface area contributed by atoms with Crippen molar-refractivity contribution in [1.29, 1.82) is 0 Å². The number of aromatic nitrogens is 2. The van der Waals surface area contributed by atoms with Crippen LogP contribution in [0, 0.1) is 13.8 Å². The number of carbonyl (C=O) groups is 1. The van der Waals surface area contributed by atoms with Gasteiger partial charge in [-0.1, -0.05) is 0 Å². The summed E-state index contributed by atoms with van der Waals surface area (Å²) in [6.07, 6.45) is 2.35. The number of piperazine rings is 1. The number of ether oxygens (including phenoxy) is 1. The number of rotatable bonds is 5. The van der Waals surface area contributed by atoms with Gasteiger partial charge in [-0.25, -0.2) is 4.98 Å². The van der Waals surface area contributed by atoms with E-state index in [4.69, 9.17) is 4.74 Å². The molecule has 29 heavy (non-hydrogen) atoms. The van der Waals surface area contributed by atoms with Crippen molar-refractivity contribution in [2.24, 2.45) is 0 Å². The first-order chi connectivity index (χ1) is 14.0. The molecule has 1 amide bonds. The lowest BCUT2D eigenvalue weighted by Gasteiger charge is -2.36. The molecule has 0 spiro atoms. The summed E-state index contributed by atoms with van der Waals surface area (Å²) in [4.78, 5) is 21.5. The number of carbonyl (C=O) groups excluding carboxylic acids is 1. The Hall–Kier alpha value is -3.02. The van der Waals surface area contributed by atoms with Crippen molar-refractivity contribution in [2.75, 3.05) is 38.2 Å². The Balaban J connectivity index is 1.32. The molecule has 0 unspecified atom stereocenters. The quantitative estimate of drug-likeness (QED) is 0.668. The van der Waals surface area contributed by atoms with Gasteiger partial charge < -0.3 is 19.1 Å². The molecule has 0 bridgehead atoms. The lowest BCUT2D eigenvalue weighted by molar-refractivity contribution is -0.131. The maximum absolute atomic E-state index is 12.7. The van der Waals surface area contributed by atoms with Crippen LogP contribution in [0.2, 0.25) is 0 Å². The molecule has 6 nitrogen and oxygen atoms in total. The smallest absolute Gasteiger partial charge is 0.224 e. The Kier molecular flexibility index (Phi) is 5.43. The summed E-state index contributed by atoms with van der Waals surface area (Å²) in [5, 5.41) is 0. The Morgan fingerprint density at radius 1 is 1.03 bits per heavy atom. The maximum atomic E-state index is 12.7. The highest BCUT2D eigenvalue weighted by Crippen LogP contribution is 2.21. The van der Waals surface area contributed by atoms with Crippen LogP contribution in [-0.2, 0) is 11.3 Å². The van der Waals surface area contributed by atoms with E-state index in [0.29, 0.717) is 13.0 Å². The second kappa shape index (κ2) is 8.15. The van der Waals surface area contributed by atoms with Gasteiger partial charge in [-0.3, -0.25) is 4.79 Å². The zero-order valence-electron chi connectivity index (χ0n) is 17.4. The Labute approximate surface area is 171 Å². The molecule has 2 heterocycles. The van der Waals surface area contributed by atoms with Gasteiger partial charge in [0.15, 0.2) is 0 Å². The molecule has 1 aromatic heterocycles. The summed E-state index contributed by atoms with van der Waals surface area (Å²) in [5.41, 5.74) is 5.76. The molecule has 4 rings (SSSR count). The molecule has 3 aromatic rings. The largest absolute Gasteiger partial charge is 0.497 e. The van der Waals surface area contributed by atoms with Crippen LogP contribution in [0.25, 0.3) is 11.0 Å². The number of fused-ring (bicyclic) bond motifs is 1. The average Bonchev–Trinajstić information content (AvgIpc) is 3.14. The van der Waals surface area contributed by atoms with Crippen molar-refractivity contribution < 1.29 is 9.53 Å². The van der Waals surface area contributed by atoms with Gasteiger partial charge in [-0.15, -0.1) is 0 Å². The van der Waals surface area contributed by atoms with Crippen molar-refractivity contribution in [3.63, 3.8) is 0 Å². The lowest BCUT2D eigenvalue weighted by atomic mass is 10.1. The zero-order chi connectivity index (χ0) is 20.4. The third-order valence-electron chi connectivity index (χ3n) is 5.87. The van der Waals surface area contributed by atoms with Gasteiger partial charge in [0.2, 0.25) is 5.91 Å². The molecule has 0 radical (unpaired) electrons. The fourth-order valence-corrected chi connectivity index (χ4v) is 3.87. The van der Waals surface area contributed by atoms with E-state index >= 15 is 0 Å². The third-order valence-corrected chi connectivity index (χ3v) is 5.87. The van der Waals surface area contributed by atoms with Crippen molar-refractivity contribution in [3.8, 4) is 5.75 Å². The summed E-state index contributed by atoms with van der Waals surface area (Å²) in [6.45, 7) is 8.09. The minimum absolute atomic E-state index is 0.213. The van der Waals surface area contributed by atoms with Crippen LogP contribution in [0.1, 0.15) is 17.5 Å². The molecular weight excluding hydrogens is 364 g/mol. The van der Waals surface area contributed by atoms with Crippen molar-refractivity contribution >= 4 is 22.6 Å². The number of hydrogen-bond donors (Lipinski definition) is 0. The van der Waals surface area contributed by atoms with Gasteiger partial charge in [0, 0.05) is 44.8 Å². The fourth-order valence-electron chi connectivity index (χ4n) is 3.87. The summed E-state index contributed by atoms with van der Waals surface area (Å²) < 4.78 is 7.31. The van der Waals surface area contributed by atoms with Gasteiger partial charge in [0.05, 0.1) is 24.5 Å². The molecular formula is C23H28N4O2. The summed E-state index contributed by atoms with van der Waals surface area (Å²) >= 11 is 0. The SMILES string of the molecule is COc1ccc(N2CCN(C(=O)CCn3cnc4cc(C)c(C)cc43)CC2)cc1. The lowest BCUT2D eigenvalue weighted by Crippen LogP contribution is -2.48. The van der Waals surface area contributed by atoms with Crippen LogP contribution < -0.4 is 9.64 Å². The highest BCUT2D eigenvalue weighted by atomic mass is 16.5. The fraction of sp³-hybridized carbons (Fsp3) is 0.391. The minimum Gasteiger partial charge on any atom is -0.497 e. The average molecular weight is 393 g/mol. The molecule has 2 aromatic carbocycles. The van der Waals surface area contributed by atoms with Crippen LogP contribution >= 0.6 is 0 Å². The van der Waals surface area contributed by atoms with Crippen LogP contribution in [-0.4, -0.2) is 53.6 Å². The second-order valence-corrected chi connectivity index (χ2v) is 7.68. The summed E-state index contributed by atoms with van der Waals surface area (Å²) in [6, 6.07) is 12.4. The van der Waals surface area contributed by atoms with Gasteiger partial charge in [0.1, 0.15) is 5.75 Å². The first-order valence-electron chi connectivity index (χ1n) is 10.1. The number of methoxy groups -OCH3 is 1. The standard InChI is InChI=1S/C23H28N4O2/c1-17-14-21-22(15-18(17)2)27(16-24-21)9-8-23(28)26-12-10-25(11-13-26)19-4-6-20(29-3)7-5-19/h4-7,14-16H,8-13H2,1-3H3. The summed E-state index contributed by atoms with van der Waals surface area (Å²) in [5.74, 6) is 1.07. The molecule has 1 fully saturated rings. The first kappa shape index (κ1) is 19.3. The maximum Gasteiger partial charge on any atom is 0.224 e. The van der Waals surface area contributed by atoms with Crippen LogP contribution in [0.5, 0.6) is 5.75 Å². The molecule has 152 valence electrons. The van der Waals surface area contributed by atoms with Crippen molar-refractivity contribution in [2.45, 2.75) is 26.8 Å². The van der Waals surface area contributed by atoms with E-state index in [1.54, 1.807) is 7.11 Å². The van der Waals surface area contributed by atoms with Crippen LogP contribution in [0.4, 0.5) is 5.69 Å². The summed E-state index contributed by atoms with van der Waals surface area (Å²) in [7, 11) is 1.67. The number of amides is 1. The Bertz CT molecular complexity index is 1000. The van der Waals surface area contributed by atoms with E-state index < -0.39 is 0 Å². The van der Waals surface area contributed by atoms with Gasteiger partial charge in [0.25, 0.3) is 0 Å². The predicted molar refractivity (Wildman–Crippen MR) is 116 cm³/mol. The van der Waals surface area contributed by atoms with Gasteiger partial charge >= 0.3 is 0 Å². The molecule has 0 saturated carbocycles. The van der Waals surface area contributed by atoms with Gasteiger partial charge in [-0.2, -0.15) is 0 Å². The van der Waals surface area contributed by atoms with Crippen molar-refractivity contribution in [1.82, 2.24) is 14.5 Å². The highest BCUT2D eigenvalue weighted by molar-refractivity contribution is 5.79. The molecule has 1 aliphatic rings. The predicted octanol–water partition coefficient (Wildman–Crippen LogP) is 3.40. The van der Waals surface area contributed by atoms with E-state index in [1.165, 1.54) is 16.8 Å². The van der Waals surface area contributed by atoms with Crippen molar-refractivity contribution in [3.05, 3.63) is 53.9 Å². The molecule has 1 aliphatic heterocycles. The number of imidazole rings is 1. The van der Waals surface area contributed by atoms with E-state index in [-0.39, 0.29) is 5.91 Å². The number of benzene rings is 2. The number of aryl methyl sites for hydroxylation is 3. The Morgan fingerprint density at radius 2 is 1.72 bits per heavy atom. The number of hydrogen-bond acceptors (Lipinski definition) is 4. The monoisotopic (exact) mass is 392 g/mol. The first-order valence-corrected chi connectivity index (χ1v) is 10.1. The minimum atomic E-state index is 0.213. The third kappa shape index (κ3) is 4.06. The molecule has 0 aliphatic carbocycles. The van der Waals surface area contributed by atoms with E-state index in [0.717, 1.165) is 43.0 Å². The van der Waals surface area contributed by atoms with E-state index in [2.05, 4.69) is 52.6 Å². The van der Waals surface area contributed by atoms with Gasteiger partial charge in [-0.05, 0) is 61.4 Å². The van der Waals surface area contributed by atoms with Crippen LogP contribution in [0.3, 0.4) is 0 Å². The number of anilines is 1. The highest BCUT2D eigenvalue weighted by Gasteiger charge is 2.21. The van der Waals surface area contributed by atoms with E-state index in [1.807, 2.05) is 23.4 Å². The van der Waals surface area contributed by atoms with E-state index in [9.17, 15) is 4.79 Å². The zero-order valence-corrected chi connectivity index (χ0v) is 17.4. The Morgan fingerprint density at radius 3 is 2.41 bits per heavy atom. The molecule has 1 saturated heterocycles.